The van der Waals surface area contributed by atoms with Crippen molar-refractivity contribution in [3.05, 3.63) is 53.6 Å². The fourth-order valence-electron chi connectivity index (χ4n) is 2.83. The first-order chi connectivity index (χ1) is 13.5. The third-order valence-corrected chi connectivity index (χ3v) is 6.17. The van der Waals surface area contributed by atoms with Crippen LogP contribution in [0.25, 0.3) is 0 Å². The number of amides is 1. The van der Waals surface area contributed by atoms with E-state index in [1.165, 1.54) is 35.7 Å². The van der Waals surface area contributed by atoms with Gasteiger partial charge in [0.15, 0.2) is 0 Å². The quantitative estimate of drug-likeness (QED) is 0.819. The number of methoxy groups -OCH3 is 1. The van der Waals surface area contributed by atoms with Crippen LogP contribution in [0.15, 0.2) is 47.4 Å². The van der Waals surface area contributed by atoms with Gasteiger partial charge in [0.25, 0.3) is 5.91 Å². The number of rotatable bonds is 5. The van der Waals surface area contributed by atoms with Crippen LogP contribution in [-0.2, 0) is 14.8 Å². The predicted octanol–water partition coefficient (Wildman–Crippen LogP) is 1.84. The van der Waals surface area contributed by atoms with E-state index in [-0.39, 0.29) is 29.3 Å². The van der Waals surface area contributed by atoms with Crippen LogP contribution >= 0.6 is 0 Å². The van der Waals surface area contributed by atoms with Crippen molar-refractivity contribution in [3.8, 4) is 11.8 Å². The number of carbonyl (C=O) groups excluding carboxylic acids is 1. The highest BCUT2D eigenvalue weighted by Gasteiger charge is 2.28. The number of carbonyl (C=O) groups is 1. The molecule has 0 bridgehead atoms. The van der Waals surface area contributed by atoms with E-state index < -0.39 is 15.9 Å². The van der Waals surface area contributed by atoms with Gasteiger partial charge in [0.05, 0.1) is 42.4 Å². The van der Waals surface area contributed by atoms with Gasteiger partial charge in [-0.25, -0.2) is 8.42 Å². The standard InChI is InChI=1S/C19H19N3O5S/c1-26-18-6-5-16(28(24,25)22-7-9-27-10-8-22)12-17(18)19(23)21-15-4-2-3-14(11-15)13-20/h2-6,11-12H,7-10H2,1H3,(H,21,23). The van der Waals surface area contributed by atoms with Crippen LogP contribution in [-0.4, -0.2) is 52.0 Å². The highest BCUT2D eigenvalue weighted by molar-refractivity contribution is 7.89. The van der Waals surface area contributed by atoms with Gasteiger partial charge >= 0.3 is 0 Å². The van der Waals surface area contributed by atoms with Gasteiger partial charge < -0.3 is 14.8 Å². The Bertz CT molecular complexity index is 1020. The minimum atomic E-state index is -3.75. The molecule has 1 N–H and O–H groups in total. The minimum absolute atomic E-state index is 0.00567. The van der Waals surface area contributed by atoms with Crippen molar-refractivity contribution in [2.45, 2.75) is 4.90 Å². The molecule has 3 rings (SSSR count). The van der Waals surface area contributed by atoms with Crippen LogP contribution in [0.4, 0.5) is 5.69 Å². The summed E-state index contributed by atoms with van der Waals surface area (Å²) in [5.74, 6) is -0.291. The molecule has 8 nitrogen and oxygen atoms in total. The molecular weight excluding hydrogens is 382 g/mol. The maximum Gasteiger partial charge on any atom is 0.259 e. The zero-order valence-corrected chi connectivity index (χ0v) is 16.0. The second kappa shape index (κ2) is 8.39. The SMILES string of the molecule is COc1ccc(S(=O)(=O)N2CCOCC2)cc1C(=O)Nc1cccc(C#N)c1. The molecule has 0 unspecified atom stereocenters. The summed E-state index contributed by atoms with van der Waals surface area (Å²) in [6.45, 7) is 1.18. The van der Waals surface area contributed by atoms with E-state index in [4.69, 9.17) is 14.7 Å². The highest BCUT2D eigenvalue weighted by atomic mass is 32.2. The fraction of sp³-hybridized carbons (Fsp3) is 0.263. The molecular formula is C19H19N3O5S. The average Bonchev–Trinajstić information content (AvgIpc) is 2.74. The van der Waals surface area contributed by atoms with Crippen molar-refractivity contribution in [3.63, 3.8) is 0 Å². The molecule has 0 aliphatic carbocycles. The van der Waals surface area contributed by atoms with Crippen LogP contribution in [0, 0.1) is 11.3 Å². The van der Waals surface area contributed by atoms with Gasteiger partial charge in [0, 0.05) is 18.8 Å². The molecule has 28 heavy (non-hydrogen) atoms. The van der Waals surface area contributed by atoms with Gasteiger partial charge in [-0.15, -0.1) is 0 Å². The monoisotopic (exact) mass is 401 g/mol. The number of morpholine rings is 1. The maximum atomic E-state index is 12.9. The van der Waals surface area contributed by atoms with E-state index in [0.29, 0.717) is 24.5 Å². The van der Waals surface area contributed by atoms with Crippen LogP contribution in [0.5, 0.6) is 5.75 Å². The van der Waals surface area contributed by atoms with E-state index in [2.05, 4.69) is 5.32 Å². The molecule has 1 aliphatic heterocycles. The molecule has 0 spiro atoms. The minimum Gasteiger partial charge on any atom is -0.496 e. The second-order valence-corrected chi connectivity index (χ2v) is 7.96. The van der Waals surface area contributed by atoms with Gasteiger partial charge in [0.1, 0.15) is 5.75 Å². The molecule has 2 aromatic rings. The van der Waals surface area contributed by atoms with Gasteiger partial charge in [-0.2, -0.15) is 9.57 Å². The van der Waals surface area contributed by atoms with Crippen molar-refractivity contribution < 1.29 is 22.7 Å². The van der Waals surface area contributed by atoms with Crippen molar-refractivity contribution in [1.82, 2.24) is 4.31 Å². The summed E-state index contributed by atoms with van der Waals surface area (Å²) in [5.41, 5.74) is 0.903. The Balaban J connectivity index is 1.92. The van der Waals surface area contributed by atoms with Gasteiger partial charge in [-0.05, 0) is 36.4 Å². The van der Waals surface area contributed by atoms with Crippen molar-refractivity contribution in [1.29, 1.82) is 5.26 Å². The summed E-state index contributed by atoms with van der Waals surface area (Å²) >= 11 is 0. The van der Waals surface area contributed by atoms with Crippen LogP contribution in [0.2, 0.25) is 0 Å². The third kappa shape index (κ3) is 4.14. The lowest BCUT2D eigenvalue weighted by Crippen LogP contribution is -2.40. The number of nitrogens with one attached hydrogen (secondary N) is 1. The van der Waals surface area contributed by atoms with E-state index in [1.54, 1.807) is 18.2 Å². The topological polar surface area (TPSA) is 109 Å². The first-order valence-electron chi connectivity index (χ1n) is 8.53. The Kier molecular flexibility index (Phi) is 5.94. The Morgan fingerprint density at radius 2 is 1.96 bits per heavy atom. The number of ether oxygens (including phenoxy) is 2. The van der Waals surface area contributed by atoms with Gasteiger partial charge in [-0.3, -0.25) is 4.79 Å². The van der Waals surface area contributed by atoms with E-state index in [0.717, 1.165) is 0 Å². The lowest BCUT2D eigenvalue weighted by molar-refractivity contribution is 0.0730. The second-order valence-electron chi connectivity index (χ2n) is 6.03. The zero-order valence-electron chi connectivity index (χ0n) is 15.2. The van der Waals surface area contributed by atoms with Gasteiger partial charge in [0.2, 0.25) is 10.0 Å². The Morgan fingerprint density at radius 1 is 1.21 bits per heavy atom. The fourth-order valence-corrected chi connectivity index (χ4v) is 4.26. The lowest BCUT2D eigenvalue weighted by atomic mass is 10.1. The molecule has 0 aromatic heterocycles. The molecule has 1 saturated heterocycles. The molecule has 0 saturated carbocycles. The molecule has 0 atom stereocenters. The molecule has 1 aliphatic rings. The Morgan fingerprint density at radius 3 is 2.64 bits per heavy atom. The number of nitrogens with zero attached hydrogens (tertiary/aromatic N) is 2. The summed E-state index contributed by atoms with van der Waals surface area (Å²) in [4.78, 5) is 12.8. The summed E-state index contributed by atoms with van der Waals surface area (Å²) in [5, 5.41) is 11.6. The van der Waals surface area contributed by atoms with Crippen LogP contribution < -0.4 is 10.1 Å². The summed E-state index contributed by atoms with van der Waals surface area (Å²) < 4.78 is 37.5. The zero-order chi connectivity index (χ0) is 20.1. The molecule has 9 heteroatoms. The largest absolute Gasteiger partial charge is 0.496 e. The third-order valence-electron chi connectivity index (χ3n) is 4.27. The van der Waals surface area contributed by atoms with Crippen LogP contribution in [0.1, 0.15) is 15.9 Å². The van der Waals surface area contributed by atoms with E-state index in [1.807, 2.05) is 6.07 Å². The lowest BCUT2D eigenvalue weighted by Gasteiger charge is -2.26. The van der Waals surface area contributed by atoms with Crippen molar-refractivity contribution in [2.75, 3.05) is 38.7 Å². The van der Waals surface area contributed by atoms with Gasteiger partial charge in [-0.1, -0.05) is 6.07 Å². The first kappa shape index (κ1) is 19.8. The molecule has 1 amide bonds. The Hall–Kier alpha value is -2.93. The molecule has 2 aromatic carbocycles. The summed E-state index contributed by atoms with van der Waals surface area (Å²) in [6, 6.07) is 12.6. The normalized spacial score (nSPS) is 14.9. The smallest absolute Gasteiger partial charge is 0.259 e. The number of benzene rings is 2. The number of nitriles is 1. The summed E-state index contributed by atoms with van der Waals surface area (Å²) in [7, 11) is -2.35. The summed E-state index contributed by atoms with van der Waals surface area (Å²) in [6.07, 6.45) is 0. The first-order valence-corrected chi connectivity index (χ1v) is 9.97. The highest BCUT2D eigenvalue weighted by Crippen LogP contribution is 2.26. The Labute approximate surface area is 163 Å². The van der Waals surface area contributed by atoms with Crippen LogP contribution in [0.3, 0.4) is 0 Å². The number of anilines is 1. The predicted molar refractivity (Wildman–Crippen MR) is 102 cm³/mol. The molecule has 146 valence electrons. The number of hydrogen-bond acceptors (Lipinski definition) is 6. The van der Waals surface area contributed by atoms with Crippen molar-refractivity contribution in [2.24, 2.45) is 0 Å². The molecule has 0 radical (unpaired) electrons. The van der Waals surface area contributed by atoms with Crippen molar-refractivity contribution >= 4 is 21.6 Å². The number of hydrogen-bond donors (Lipinski definition) is 1. The molecule has 1 fully saturated rings. The van der Waals surface area contributed by atoms with E-state index >= 15 is 0 Å². The maximum absolute atomic E-state index is 12.9. The molecule has 1 heterocycles. The average molecular weight is 401 g/mol. The van der Waals surface area contributed by atoms with E-state index in [9.17, 15) is 13.2 Å². The number of sulfonamides is 1.